The third-order valence-corrected chi connectivity index (χ3v) is 6.08. The summed E-state index contributed by atoms with van der Waals surface area (Å²) < 4.78 is 28.6. The summed E-state index contributed by atoms with van der Waals surface area (Å²) in [5.41, 5.74) is 0. The van der Waals surface area contributed by atoms with Crippen LogP contribution in [0.25, 0.3) is 0 Å². The highest BCUT2D eigenvalue weighted by molar-refractivity contribution is 7.86. The average molecular weight is 320 g/mol. The predicted molar refractivity (Wildman–Crippen MR) is 88.5 cm³/mol. The lowest BCUT2D eigenvalue weighted by Crippen LogP contribution is -2.48. The molecule has 0 amide bonds. The van der Waals surface area contributed by atoms with Gasteiger partial charge < -0.3 is 5.32 Å². The van der Waals surface area contributed by atoms with Crippen molar-refractivity contribution in [3.63, 3.8) is 0 Å². The van der Waals surface area contributed by atoms with E-state index in [0.29, 0.717) is 38.0 Å². The van der Waals surface area contributed by atoms with Crippen LogP contribution in [-0.4, -0.2) is 56.3 Å². The number of piperidine rings is 1. The molecule has 0 aromatic rings. The molecule has 0 bridgehead atoms. The van der Waals surface area contributed by atoms with Gasteiger partial charge in [0.1, 0.15) is 0 Å². The van der Waals surface area contributed by atoms with Gasteiger partial charge in [-0.1, -0.05) is 27.7 Å². The van der Waals surface area contributed by atoms with Crippen molar-refractivity contribution in [2.45, 2.75) is 47.0 Å². The maximum Gasteiger partial charge on any atom is 0.281 e. The third kappa shape index (κ3) is 5.85. The SMILES string of the molecule is CCCNCC1CCN(S(=O)(=O)N(CC)CC(C)C)CC1. The Kier molecular flexibility index (Phi) is 8.16. The summed E-state index contributed by atoms with van der Waals surface area (Å²) in [6.45, 7) is 12.8. The van der Waals surface area contributed by atoms with Crippen LogP contribution < -0.4 is 5.32 Å². The lowest BCUT2D eigenvalue weighted by Gasteiger charge is -2.35. The molecule has 21 heavy (non-hydrogen) atoms. The molecule has 126 valence electrons. The summed E-state index contributed by atoms with van der Waals surface area (Å²) in [4.78, 5) is 0. The molecule has 0 aliphatic carbocycles. The van der Waals surface area contributed by atoms with Crippen LogP contribution in [0.3, 0.4) is 0 Å². The van der Waals surface area contributed by atoms with Gasteiger partial charge in [0, 0.05) is 26.2 Å². The highest BCUT2D eigenvalue weighted by Gasteiger charge is 2.32. The van der Waals surface area contributed by atoms with E-state index in [0.717, 1.165) is 32.4 Å². The summed E-state index contributed by atoms with van der Waals surface area (Å²) in [5, 5.41) is 3.44. The molecule has 1 saturated heterocycles. The monoisotopic (exact) mass is 319 g/mol. The zero-order chi connectivity index (χ0) is 15.9. The first kappa shape index (κ1) is 18.9. The first-order valence-corrected chi connectivity index (χ1v) is 9.77. The minimum atomic E-state index is -3.27. The zero-order valence-electron chi connectivity index (χ0n) is 14.1. The van der Waals surface area contributed by atoms with E-state index in [4.69, 9.17) is 0 Å². The molecule has 6 heteroatoms. The van der Waals surface area contributed by atoms with Crippen molar-refractivity contribution in [3.8, 4) is 0 Å². The number of hydrogen-bond acceptors (Lipinski definition) is 3. The van der Waals surface area contributed by atoms with Gasteiger partial charge in [-0.05, 0) is 44.2 Å². The molecule has 0 radical (unpaired) electrons. The van der Waals surface area contributed by atoms with Crippen molar-refractivity contribution in [1.29, 1.82) is 0 Å². The van der Waals surface area contributed by atoms with Gasteiger partial charge in [0.05, 0.1) is 0 Å². The summed E-state index contributed by atoms with van der Waals surface area (Å²) >= 11 is 0. The van der Waals surface area contributed by atoms with Gasteiger partial charge in [0.2, 0.25) is 0 Å². The number of nitrogens with zero attached hydrogens (tertiary/aromatic N) is 2. The van der Waals surface area contributed by atoms with E-state index in [9.17, 15) is 8.42 Å². The first-order valence-electron chi connectivity index (χ1n) is 8.37. The molecule has 1 aliphatic heterocycles. The van der Waals surface area contributed by atoms with Crippen molar-refractivity contribution in [1.82, 2.24) is 13.9 Å². The molecule has 0 unspecified atom stereocenters. The molecular weight excluding hydrogens is 286 g/mol. The van der Waals surface area contributed by atoms with Crippen molar-refractivity contribution in [3.05, 3.63) is 0 Å². The van der Waals surface area contributed by atoms with Crippen molar-refractivity contribution >= 4 is 10.2 Å². The molecule has 1 heterocycles. The van der Waals surface area contributed by atoms with Crippen LogP contribution in [-0.2, 0) is 10.2 Å². The Bertz CT molecular complexity index is 376. The predicted octanol–water partition coefficient (Wildman–Crippen LogP) is 1.92. The molecular formula is C15H33N3O2S. The fraction of sp³-hybridized carbons (Fsp3) is 1.00. The topological polar surface area (TPSA) is 52.7 Å². The number of nitrogens with one attached hydrogen (secondary N) is 1. The standard InChI is InChI=1S/C15H33N3O2S/c1-5-9-16-12-15-7-10-18(11-8-15)21(19,20)17(6-2)13-14(3)4/h14-16H,5-13H2,1-4H3. The van der Waals surface area contributed by atoms with Crippen LogP contribution in [0.2, 0.25) is 0 Å². The molecule has 1 fully saturated rings. The van der Waals surface area contributed by atoms with E-state index in [2.05, 4.69) is 26.1 Å². The first-order chi connectivity index (χ1) is 9.91. The van der Waals surface area contributed by atoms with E-state index in [1.165, 1.54) is 0 Å². The number of hydrogen-bond donors (Lipinski definition) is 1. The van der Waals surface area contributed by atoms with Gasteiger partial charge >= 0.3 is 0 Å². The highest BCUT2D eigenvalue weighted by atomic mass is 32.2. The van der Waals surface area contributed by atoms with Crippen LogP contribution in [0.5, 0.6) is 0 Å². The number of rotatable bonds is 9. The van der Waals surface area contributed by atoms with Gasteiger partial charge in [0.25, 0.3) is 10.2 Å². The molecule has 1 N–H and O–H groups in total. The average Bonchev–Trinajstić information content (AvgIpc) is 2.45. The van der Waals surface area contributed by atoms with E-state index in [1.807, 2.05) is 6.92 Å². The summed E-state index contributed by atoms with van der Waals surface area (Å²) in [7, 11) is -3.27. The maximum atomic E-state index is 12.7. The van der Waals surface area contributed by atoms with Gasteiger partial charge in [-0.3, -0.25) is 0 Å². The Morgan fingerprint density at radius 1 is 1.24 bits per heavy atom. The van der Waals surface area contributed by atoms with Crippen LogP contribution >= 0.6 is 0 Å². The molecule has 0 atom stereocenters. The summed E-state index contributed by atoms with van der Waals surface area (Å²) in [6.07, 6.45) is 3.08. The second-order valence-electron chi connectivity index (χ2n) is 6.40. The Hall–Kier alpha value is -0.170. The van der Waals surface area contributed by atoms with E-state index in [1.54, 1.807) is 8.61 Å². The fourth-order valence-corrected chi connectivity index (χ4v) is 4.60. The second-order valence-corrected chi connectivity index (χ2v) is 8.33. The van der Waals surface area contributed by atoms with Gasteiger partial charge in [0.15, 0.2) is 0 Å². The molecule has 0 saturated carbocycles. The quantitative estimate of drug-likeness (QED) is 0.661. The molecule has 1 aliphatic rings. The Balaban J connectivity index is 2.51. The molecule has 1 rings (SSSR count). The lowest BCUT2D eigenvalue weighted by molar-refractivity contribution is 0.246. The molecule has 0 spiro atoms. The Morgan fingerprint density at radius 2 is 1.86 bits per heavy atom. The van der Waals surface area contributed by atoms with E-state index >= 15 is 0 Å². The van der Waals surface area contributed by atoms with Crippen LogP contribution in [0, 0.1) is 11.8 Å². The normalized spacial score (nSPS) is 18.8. The van der Waals surface area contributed by atoms with Crippen molar-refractivity contribution < 1.29 is 8.42 Å². The minimum Gasteiger partial charge on any atom is -0.316 e. The molecule has 0 aromatic heterocycles. The molecule has 5 nitrogen and oxygen atoms in total. The molecule has 0 aromatic carbocycles. The van der Waals surface area contributed by atoms with E-state index < -0.39 is 10.2 Å². The van der Waals surface area contributed by atoms with Crippen LogP contribution in [0.15, 0.2) is 0 Å². The Labute approximate surface area is 131 Å². The van der Waals surface area contributed by atoms with E-state index in [-0.39, 0.29) is 0 Å². The fourth-order valence-electron chi connectivity index (χ4n) is 2.78. The van der Waals surface area contributed by atoms with Gasteiger partial charge in [-0.2, -0.15) is 17.0 Å². The van der Waals surface area contributed by atoms with Gasteiger partial charge in [-0.15, -0.1) is 0 Å². The highest BCUT2D eigenvalue weighted by Crippen LogP contribution is 2.21. The third-order valence-electron chi connectivity index (χ3n) is 4.01. The zero-order valence-corrected chi connectivity index (χ0v) is 15.0. The van der Waals surface area contributed by atoms with Gasteiger partial charge in [-0.25, -0.2) is 0 Å². The minimum absolute atomic E-state index is 0.357. The maximum absolute atomic E-state index is 12.7. The van der Waals surface area contributed by atoms with Crippen molar-refractivity contribution in [2.24, 2.45) is 11.8 Å². The Morgan fingerprint density at radius 3 is 2.33 bits per heavy atom. The largest absolute Gasteiger partial charge is 0.316 e. The van der Waals surface area contributed by atoms with Crippen molar-refractivity contribution in [2.75, 3.05) is 39.3 Å². The summed E-state index contributed by atoms with van der Waals surface area (Å²) in [5.74, 6) is 0.971. The summed E-state index contributed by atoms with van der Waals surface area (Å²) in [6, 6.07) is 0. The lowest BCUT2D eigenvalue weighted by atomic mass is 9.98. The van der Waals surface area contributed by atoms with Crippen LogP contribution in [0.1, 0.15) is 47.0 Å². The second kappa shape index (κ2) is 9.08. The van der Waals surface area contributed by atoms with Crippen LogP contribution in [0.4, 0.5) is 0 Å². The smallest absolute Gasteiger partial charge is 0.281 e.